The highest BCUT2D eigenvalue weighted by atomic mass is 79.9. The molecular weight excluding hydrogens is 384 g/mol. The minimum Gasteiger partial charge on any atom is -0.482 e. The van der Waals surface area contributed by atoms with Gasteiger partial charge in [0.15, 0.2) is 6.61 Å². The van der Waals surface area contributed by atoms with Gasteiger partial charge in [0.05, 0.1) is 11.7 Å². The number of hydrogen-bond acceptors (Lipinski definition) is 3. The van der Waals surface area contributed by atoms with Crippen LogP contribution in [0.2, 0.25) is 0 Å². The summed E-state index contributed by atoms with van der Waals surface area (Å²) in [5.41, 5.74) is 1.58. The van der Waals surface area contributed by atoms with Crippen LogP contribution in [-0.4, -0.2) is 18.4 Å². The SMILES string of the molecule is CC[C@H](NC(=O)COc1ccccc1NC(C)=O)c1ccc(Br)cc1. The molecule has 0 fully saturated rings. The molecule has 0 saturated carbocycles. The third kappa shape index (κ3) is 5.90. The topological polar surface area (TPSA) is 67.4 Å². The maximum Gasteiger partial charge on any atom is 0.258 e. The summed E-state index contributed by atoms with van der Waals surface area (Å²) in [5.74, 6) is 0.0544. The Balaban J connectivity index is 1.96. The van der Waals surface area contributed by atoms with Crippen LogP contribution in [-0.2, 0) is 9.59 Å². The Hall–Kier alpha value is -2.34. The van der Waals surface area contributed by atoms with Gasteiger partial charge in [0.1, 0.15) is 5.75 Å². The minimum atomic E-state index is -0.215. The van der Waals surface area contributed by atoms with Gasteiger partial charge >= 0.3 is 0 Å². The molecule has 0 aromatic heterocycles. The van der Waals surface area contributed by atoms with Crippen LogP contribution in [0, 0.1) is 0 Å². The number of anilines is 1. The second-order valence-electron chi connectivity index (χ2n) is 5.55. The third-order valence-corrected chi connectivity index (χ3v) is 4.10. The first-order chi connectivity index (χ1) is 12.0. The summed E-state index contributed by atoms with van der Waals surface area (Å²) in [7, 11) is 0. The van der Waals surface area contributed by atoms with Gasteiger partial charge in [0.2, 0.25) is 5.91 Å². The van der Waals surface area contributed by atoms with Gasteiger partial charge in [0.25, 0.3) is 5.91 Å². The summed E-state index contributed by atoms with van der Waals surface area (Å²) < 4.78 is 6.56. The average molecular weight is 405 g/mol. The van der Waals surface area contributed by atoms with Crippen LogP contribution in [0.1, 0.15) is 31.9 Å². The van der Waals surface area contributed by atoms with Crippen LogP contribution in [0.4, 0.5) is 5.69 Å². The van der Waals surface area contributed by atoms with E-state index in [9.17, 15) is 9.59 Å². The molecule has 6 heteroatoms. The largest absolute Gasteiger partial charge is 0.482 e. The molecule has 0 aliphatic rings. The molecule has 5 nitrogen and oxygen atoms in total. The fourth-order valence-corrected chi connectivity index (χ4v) is 2.65. The summed E-state index contributed by atoms with van der Waals surface area (Å²) in [5, 5.41) is 5.65. The molecule has 0 saturated heterocycles. The van der Waals surface area contributed by atoms with Crippen LogP contribution in [0.5, 0.6) is 5.75 Å². The lowest BCUT2D eigenvalue weighted by atomic mass is 10.0. The van der Waals surface area contributed by atoms with Crippen LogP contribution < -0.4 is 15.4 Å². The van der Waals surface area contributed by atoms with E-state index in [2.05, 4.69) is 26.6 Å². The van der Waals surface area contributed by atoms with Gasteiger partial charge in [-0.1, -0.05) is 47.1 Å². The summed E-state index contributed by atoms with van der Waals surface area (Å²) in [6, 6.07) is 14.8. The molecule has 2 rings (SSSR count). The van der Waals surface area contributed by atoms with E-state index < -0.39 is 0 Å². The number of ether oxygens (including phenoxy) is 1. The van der Waals surface area contributed by atoms with Crippen molar-refractivity contribution in [1.82, 2.24) is 5.32 Å². The van der Waals surface area contributed by atoms with Crippen molar-refractivity contribution in [2.75, 3.05) is 11.9 Å². The molecule has 2 aromatic carbocycles. The van der Waals surface area contributed by atoms with Crippen molar-refractivity contribution in [3.05, 3.63) is 58.6 Å². The molecule has 0 spiro atoms. The van der Waals surface area contributed by atoms with Crippen molar-refractivity contribution >= 4 is 33.4 Å². The first kappa shape index (κ1) is 19.0. The quantitative estimate of drug-likeness (QED) is 0.730. The Labute approximate surface area is 155 Å². The fraction of sp³-hybridized carbons (Fsp3) is 0.263. The van der Waals surface area contributed by atoms with Crippen LogP contribution in [0.15, 0.2) is 53.0 Å². The molecule has 1 atom stereocenters. The van der Waals surface area contributed by atoms with Gasteiger partial charge < -0.3 is 15.4 Å². The predicted molar refractivity (Wildman–Crippen MR) is 102 cm³/mol. The molecule has 0 radical (unpaired) electrons. The van der Waals surface area contributed by atoms with Gasteiger partial charge in [0, 0.05) is 11.4 Å². The molecule has 132 valence electrons. The monoisotopic (exact) mass is 404 g/mol. The van der Waals surface area contributed by atoms with Crippen molar-refractivity contribution in [2.45, 2.75) is 26.3 Å². The Morgan fingerprint density at radius 1 is 1.12 bits per heavy atom. The van der Waals surface area contributed by atoms with E-state index in [1.165, 1.54) is 6.92 Å². The van der Waals surface area contributed by atoms with Gasteiger partial charge in [-0.15, -0.1) is 0 Å². The van der Waals surface area contributed by atoms with Gasteiger partial charge in [-0.25, -0.2) is 0 Å². The molecule has 25 heavy (non-hydrogen) atoms. The normalized spacial score (nSPS) is 11.5. The van der Waals surface area contributed by atoms with E-state index in [1.807, 2.05) is 31.2 Å². The van der Waals surface area contributed by atoms with Crippen molar-refractivity contribution < 1.29 is 14.3 Å². The van der Waals surface area contributed by atoms with Gasteiger partial charge in [-0.2, -0.15) is 0 Å². The molecule has 0 aliphatic heterocycles. The van der Waals surface area contributed by atoms with Crippen molar-refractivity contribution in [2.24, 2.45) is 0 Å². The number of rotatable bonds is 7. The number of hydrogen-bond donors (Lipinski definition) is 2. The van der Waals surface area contributed by atoms with E-state index in [4.69, 9.17) is 4.74 Å². The lowest BCUT2D eigenvalue weighted by Crippen LogP contribution is -2.32. The number of para-hydroxylation sites is 2. The third-order valence-electron chi connectivity index (χ3n) is 3.57. The van der Waals surface area contributed by atoms with E-state index in [0.717, 1.165) is 16.5 Å². The first-order valence-electron chi connectivity index (χ1n) is 8.04. The van der Waals surface area contributed by atoms with E-state index in [0.29, 0.717) is 11.4 Å². The molecular formula is C19H21BrN2O3. The molecule has 0 heterocycles. The second kappa shape index (κ2) is 9.22. The zero-order chi connectivity index (χ0) is 18.2. The fourth-order valence-electron chi connectivity index (χ4n) is 2.38. The zero-order valence-electron chi connectivity index (χ0n) is 14.2. The van der Waals surface area contributed by atoms with Gasteiger partial charge in [-0.05, 0) is 36.2 Å². The van der Waals surface area contributed by atoms with E-state index in [-0.39, 0.29) is 24.5 Å². The highest BCUT2D eigenvalue weighted by molar-refractivity contribution is 9.10. The molecule has 0 bridgehead atoms. The summed E-state index contributed by atoms with van der Waals surface area (Å²) in [6.45, 7) is 3.32. The first-order valence-corrected chi connectivity index (χ1v) is 8.83. The Morgan fingerprint density at radius 2 is 1.80 bits per heavy atom. The summed E-state index contributed by atoms with van der Waals surface area (Å²) >= 11 is 3.40. The smallest absolute Gasteiger partial charge is 0.258 e. The molecule has 2 N–H and O–H groups in total. The number of amides is 2. The van der Waals surface area contributed by atoms with Crippen molar-refractivity contribution in [3.63, 3.8) is 0 Å². The van der Waals surface area contributed by atoms with Crippen LogP contribution in [0.25, 0.3) is 0 Å². The maximum atomic E-state index is 12.2. The lowest BCUT2D eigenvalue weighted by molar-refractivity contribution is -0.123. The molecule has 2 amide bonds. The number of nitrogens with one attached hydrogen (secondary N) is 2. The lowest BCUT2D eigenvalue weighted by Gasteiger charge is -2.18. The predicted octanol–water partition coefficient (Wildman–Crippen LogP) is 4.05. The Kier molecular flexibility index (Phi) is 7.01. The molecule has 2 aromatic rings. The molecule has 0 aliphatic carbocycles. The highest BCUT2D eigenvalue weighted by Gasteiger charge is 2.14. The van der Waals surface area contributed by atoms with E-state index in [1.54, 1.807) is 24.3 Å². The van der Waals surface area contributed by atoms with Crippen LogP contribution in [0.3, 0.4) is 0 Å². The average Bonchev–Trinajstić information content (AvgIpc) is 2.59. The standard InChI is InChI=1S/C19H21BrN2O3/c1-3-16(14-8-10-15(20)11-9-14)22-19(24)12-25-18-7-5-4-6-17(18)21-13(2)23/h4-11,16H,3,12H2,1-2H3,(H,21,23)(H,22,24)/t16-/m0/s1. The Morgan fingerprint density at radius 3 is 2.44 bits per heavy atom. The van der Waals surface area contributed by atoms with Crippen LogP contribution >= 0.6 is 15.9 Å². The van der Waals surface area contributed by atoms with E-state index >= 15 is 0 Å². The number of carbonyl (C=O) groups is 2. The molecule has 0 unspecified atom stereocenters. The minimum absolute atomic E-state index is 0.0743. The number of halogens is 1. The Bertz CT molecular complexity index is 732. The van der Waals surface area contributed by atoms with Crippen molar-refractivity contribution in [1.29, 1.82) is 0 Å². The van der Waals surface area contributed by atoms with Gasteiger partial charge in [-0.3, -0.25) is 9.59 Å². The zero-order valence-corrected chi connectivity index (χ0v) is 15.8. The second-order valence-corrected chi connectivity index (χ2v) is 6.46. The maximum absolute atomic E-state index is 12.2. The summed E-state index contributed by atoms with van der Waals surface area (Å²) in [6.07, 6.45) is 0.774. The van der Waals surface area contributed by atoms with Crippen molar-refractivity contribution in [3.8, 4) is 5.75 Å². The number of carbonyl (C=O) groups excluding carboxylic acids is 2. The highest BCUT2D eigenvalue weighted by Crippen LogP contribution is 2.24. The summed E-state index contributed by atoms with van der Waals surface area (Å²) in [4.78, 5) is 23.4. The number of benzene rings is 2.